The minimum atomic E-state index is -0.535. The molecule has 0 aliphatic heterocycles. The lowest BCUT2D eigenvalue weighted by Gasteiger charge is -2.22. The number of carbonyl (C=O) groups excluding carboxylic acids is 1. The van der Waals surface area contributed by atoms with E-state index in [4.69, 9.17) is 4.74 Å². The van der Waals surface area contributed by atoms with Crippen molar-refractivity contribution >= 4 is 22.0 Å². The predicted octanol–water partition coefficient (Wildman–Crippen LogP) is 4.17. The highest BCUT2D eigenvalue weighted by Crippen LogP contribution is 2.21. The molecule has 5 heteroatoms. The molecule has 1 atom stereocenters. The smallest absolute Gasteiger partial charge is 0.408 e. The highest BCUT2D eigenvalue weighted by molar-refractivity contribution is 9.10. The molecule has 1 amide bonds. The number of halogens is 2. The van der Waals surface area contributed by atoms with Crippen LogP contribution >= 0.6 is 15.9 Å². The summed E-state index contributed by atoms with van der Waals surface area (Å²) in [6.07, 6.45) is -0.490. The van der Waals surface area contributed by atoms with Gasteiger partial charge in [-0.25, -0.2) is 9.18 Å². The van der Waals surface area contributed by atoms with Gasteiger partial charge in [-0.3, -0.25) is 0 Å². The van der Waals surface area contributed by atoms with Crippen molar-refractivity contribution in [1.82, 2.24) is 5.32 Å². The molecule has 0 heterocycles. The van der Waals surface area contributed by atoms with E-state index < -0.39 is 11.7 Å². The zero-order chi connectivity index (χ0) is 13.9. The highest BCUT2D eigenvalue weighted by Gasteiger charge is 2.18. The number of carbonyl (C=O) groups is 1. The Bertz CT molecular complexity index is 443. The molecule has 0 aliphatic rings. The molecule has 0 spiro atoms. The lowest BCUT2D eigenvalue weighted by Crippen LogP contribution is -2.34. The molecule has 0 saturated carbocycles. The number of ether oxygens (including phenoxy) is 1. The van der Waals surface area contributed by atoms with Gasteiger partial charge in [0.1, 0.15) is 11.4 Å². The molecule has 18 heavy (non-hydrogen) atoms. The van der Waals surface area contributed by atoms with Crippen molar-refractivity contribution in [2.45, 2.75) is 39.3 Å². The van der Waals surface area contributed by atoms with E-state index in [0.717, 1.165) is 5.56 Å². The van der Waals surface area contributed by atoms with E-state index in [1.165, 1.54) is 6.07 Å². The van der Waals surface area contributed by atoms with E-state index >= 15 is 0 Å². The Morgan fingerprint density at radius 3 is 2.56 bits per heavy atom. The largest absolute Gasteiger partial charge is 0.444 e. The van der Waals surface area contributed by atoms with Crippen molar-refractivity contribution in [3.63, 3.8) is 0 Å². The Balaban J connectivity index is 2.68. The van der Waals surface area contributed by atoms with Gasteiger partial charge in [0, 0.05) is 0 Å². The van der Waals surface area contributed by atoms with Crippen LogP contribution in [0.25, 0.3) is 0 Å². The molecular weight excluding hydrogens is 301 g/mol. The number of alkyl carbamates (subject to hydrolysis) is 1. The fourth-order valence-corrected chi connectivity index (χ4v) is 1.75. The van der Waals surface area contributed by atoms with E-state index in [0.29, 0.717) is 4.47 Å². The van der Waals surface area contributed by atoms with Gasteiger partial charge in [0.05, 0.1) is 10.5 Å². The summed E-state index contributed by atoms with van der Waals surface area (Å²) in [6.45, 7) is 7.20. The van der Waals surface area contributed by atoms with E-state index in [1.54, 1.807) is 32.9 Å². The average Bonchev–Trinajstić information content (AvgIpc) is 2.18. The first kappa shape index (κ1) is 15.0. The second-order valence-corrected chi connectivity index (χ2v) is 5.90. The molecule has 1 aromatic carbocycles. The number of benzene rings is 1. The minimum absolute atomic E-state index is 0.253. The van der Waals surface area contributed by atoms with Gasteiger partial charge >= 0.3 is 6.09 Å². The summed E-state index contributed by atoms with van der Waals surface area (Å²) in [4.78, 5) is 11.6. The van der Waals surface area contributed by atoms with Gasteiger partial charge in [-0.1, -0.05) is 6.07 Å². The van der Waals surface area contributed by atoms with Crippen molar-refractivity contribution in [3.05, 3.63) is 34.1 Å². The van der Waals surface area contributed by atoms with Gasteiger partial charge in [0.25, 0.3) is 0 Å². The van der Waals surface area contributed by atoms with Crippen molar-refractivity contribution in [1.29, 1.82) is 0 Å². The van der Waals surface area contributed by atoms with Crippen molar-refractivity contribution in [2.24, 2.45) is 0 Å². The van der Waals surface area contributed by atoms with Crippen LogP contribution in [0.3, 0.4) is 0 Å². The molecule has 1 N–H and O–H groups in total. The summed E-state index contributed by atoms with van der Waals surface area (Å²) in [5, 5.41) is 2.69. The van der Waals surface area contributed by atoms with E-state index in [2.05, 4.69) is 21.2 Å². The Hall–Kier alpha value is -1.10. The standard InChI is InChI=1S/C13H17BrFNO2/c1-8(16-12(17)18-13(2,3)4)9-5-6-11(15)10(14)7-9/h5-8H,1-4H3,(H,16,17)/t8-/m1/s1. The Labute approximate surface area is 115 Å². The summed E-state index contributed by atoms with van der Waals surface area (Å²) >= 11 is 3.11. The SMILES string of the molecule is C[C@@H](NC(=O)OC(C)(C)C)c1ccc(F)c(Br)c1. The lowest BCUT2D eigenvalue weighted by atomic mass is 10.1. The summed E-state index contributed by atoms with van der Waals surface area (Å²) in [5.41, 5.74) is 0.266. The van der Waals surface area contributed by atoms with E-state index in [1.807, 2.05) is 6.92 Å². The first-order valence-corrected chi connectivity index (χ1v) is 6.43. The lowest BCUT2D eigenvalue weighted by molar-refractivity contribution is 0.0508. The maximum absolute atomic E-state index is 13.1. The van der Waals surface area contributed by atoms with Crippen LogP contribution < -0.4 is 5.32 Å². The third-order valence-electron chi connectivity index (χ3n) is 2.18. The van der Waals surface area contributed by atoms with Gasteiger partial charge in [0.15, 0.2) is 0 Å². The molecule has 0 radical (unpaired) electrons. The van der Waals surface area contributed by atoms with Gasteiger partial charge < -0.3 is 10.1 Å². The third kappa shape index (κ3) is 4.64. The van der Waals surface area contributed by atoms with Crippen LogP contribution in [0.4, 0.5) is 9.18 Å². The molecule has 100 valence electrons. The van der Waals surface area contributed by atoms with E-state index in [9.17, 15) is 9.18 Å². The molecular formula is C13H17BrFNO2. The molecule has 1 aromatic rings. The molecule has 0 bridgehead atoms. The van der Waals surface area contributed by atoms with Crippen molar-refractivity contribution in [3.8, 4) is 0 Å². The number of nitrogens with one attached hydrogen (secondary N) is 1. The number of amides is 1. The number of rotatable bonds is 2. The van der Waals surface area contributed by atoms with Crippen LogP contribution in [0.1, 0.15) is 39.3 Å². The quantitative estimate of drug-likeness (QED) is 0.888. The maximum atomic E-state index is 13.1. The summed E-state index contributed by atoms with van der Waals surface area (Å²) in [7, 11) is 0. The van der Waals surface area contributed by atoms with Gasteiger partial charge in [0.2, 0.25) is 0 Å². The molecule has 0 saturated heterocycles. The first-order chi connectivity index (χ1) is 8.19. The molecule has 0 aromatic heterocycles. The Morgan fingerprint density at radius 2 is 2.06 bits per heavy atom. The Morgan fingerprint density at radius 1 is 1.44 bits per heavy atom. The molecule has 0 unspecified atom stereocenters. The summed E-state index contributed by atoms with van der Waals surface area (Å²) in [6, 6.07) is 4.36. The molecule has 0 aliphatic carbocycles. The predicted molar refractivity (Wildman–Crippen MR) is 71.9 cm³/mol. The number of hydrogen-bond donors (Lipinski definition) is 1. The second kappa shape index (κ2) is 5.69. The summed E-state index contributed by atoms with van der Waals surface area (Å²) < 4.78 is 18.6. The zero-order valence-electron chi connectivity index (χ0n) is 10.9. The van der Waals surface area contributed by atoms with Crippen LogP contribution in [0, 0.1) is 5.82 Å². The average molecular weight is 318 g/mol. The molecule has 0 fully saturated rings. The van der Waals surface area contributed by atoms with Crippen LogP contribution in [0.15, 0.2) is 22.7 Å². The van der Waals surface area contributed by atoms with Crippen LogP contribution in [-0.2, 0) is 4.74 Å². The Kier molecular flexibility index (Phi) is 4.73. The first-order valence-electron chi connectivity index (χ1n) is 5.63. The summed E-state index contributed by atoms with van der Waals surface area (Å²) in [5.74, 6) is -0.330. The van der Waals surface area contributed by atoms with Gasteiger partial charge in [-0.2, -0.15) is 0 Å². The third-order valence-corrected chi connectivity index (χ3v) is 2.78. The van der Waals surface area contributed by atoms with Crippen LogP contribution in [0.5, 0.6) is 0 Å². The van der Waals surface area contributed by atoms with Crippen molar-refractivity contribution < 1.29 is 13.9 Å². The molecule has 3 nitrogen and oxygen atoms in total. The maximum Gasteiger partial charge on any atom is 0.408 e. The van der Waals surface area contributed by atoms with Crippen LogP contribution in [0.2, 0.25) is 0 Å². The van der Waals surface area contributed by atoms with Crippen LogP contribution in [-0.4, -0.2) is 11.7 Å². The van der Waals surface area contributed by atoms with Crippen molar-refractivity contribution in [2.75, 3.05) is 0 Å². The normalized spacial score (nSPS) is 13.0. The molecule has 1 rings (SSSR count). The second-order valence-electron chi connectivity index (χ2n) is 5.04. The monoisotopic (exact) mass is 317 g/mol. The fourth-order valence-electron chi connectivity index (χ4n) is 1.35. The zero-order valence-corrected chi connectivity index (χ0v) is 12.5. The van der Waals surface area contributed by atoms with E-state index in [-0.39, 0.29) is 11.9 Å². The fraction of sp³-hybridized carbons (Fsp3) is 0.462. The highest BCUT2D eigenvalue weighted by atomic mass is 79.9. The van der Waals surface area contributed by atoms with Gasteiger partial charge in [-0.05, 0) is 61.3 Å². The topological polar surface area (TPSA) is 38.3 Å². The minimum Gasteiger partial charge on any atom is -0.444 e. The van der Waals surface area contributed by atoms with Gasteiger partial charge in [-0.15, -0.1) is 0 Å². The number of hydrogen-bond acceptors (Lipinski definition) is 2.